The number of hydrogen-bond donors (Lipinski definition) is 0. The molecule has 0 N–H and O–H groups in total. The standard InChI is InChI=1S/C24H23ClN2O3S/c1-17-7-10-21(11-8-17)31(29,30)27(22-12-9-20(25)15-18(22)2)16-24(28)26-14-13-19-5-3-4-6-23(19)26/h3-12,15H,13-14,16H2,1-2H3. The zero-order chi connectivity index (χ0) is 22.2. The number of anilines is 2. The molecule has 0 saturated carbocycles. The van der Waals surface area contributed by atoms with Crippen molar-refractivity contribution in [1.82, 2.24) is 0 Å². The van der Waals surface area contributed by atoms with E-state index in [4.69, 9.17) is 11.6 Å². The van der Waals surface area contributed by atoms with Gasteiger partial charge in [0, 0.05) is 17.3 Å². The van der Waals surface area contributed by atoms with E-state index in [-0.39, 0.29) is 17.3 Å². The highest BCUT2D eigenvalue weighted by Crippen LogP contribution is 2.31. The van der Waals surface area contributed by atoms with E-state index in [0.29, 0.717) is 22.8 Å². The third kappa shape index (κ3) is 4.18. The summed E-state index contributed by atoms with van der Waals surface area (Å²) in [5.74, 6) is -0.269. The number of carbonyl (C=O) groups excluding carboxylic acids is 1. The molecule has 0 saturated heterocycles. The van der Waals surface area contributed by atoms with Crippen molar-refractivity contribution in [2.45, 2.75) is 25.2 Å². The van der Waals surface area contributed by atoms with Gasteiger partial charge in [-0.1, -0.05) is 47.5 Å². The summed E-state index contributed by atoms with van der Waals surface area (Å²) in [7, 11) is -3.97. The van der Waals surface area contributed by atoms with Gasteiger partial charge < -0.3 is 4.90 Å². The third-order valence-electron chi connectivity index (χ3n) is 5.50. The topological polar surface area (TPSA) is 57.7 Å². The van der Waals surface area contributed by atoms with Gasteiger partial charge in [-0.3, -0.25) is 9.10 Å². The van der Waals surface area contributed by atoms with E-state index in [2.05, 4.69) is 0 Å². The Kier molecular flexibility index (Phi) is 5.77. The van der Waals surface area contributed by atoms with Crippen LogP contribution in [0.5, 0.6) is 0 Å². The SMILES string of the molecule is Cc1ccc(S(=O)(=O)N(CC(=O)N2CCc3ccccc32)c2ccc(Cl)cc2C)cc1. The Morgan fingerprint density at radius 2 is 1.74 bits per heavy atom. The monoisotopic (exact) mass is 454 g/mol. The summed E-state index contributed by atoms with van der Waals surface area (Å²) in [6, 6.07) is 19.3. The van der Waals surface area contributed by atoms with E-state index >= 15 is 0 Å². The fourth-order valence-electron chi connectivity index (χ4n) is 3.84. The minimum Gasteiger partial charge on any atom is -0.310 e. The second-order valence-electron chi connectivity index (χ2n) is 7.68. The Morgan fingerprint density at radius 1 is 1.03 bits per heavy atom. The molecule has 0 unspecified atom stereocenters. The normalized spacial score (nSPS) is 13.2. The van der Waals surface area contributed by atoms with E-state index in [0.717, 1.165) is 23.2 Å². The molecule has 0 bridgehead atoms. The lowest BCUT2D eigenvalue weighted by Crippen LogP contribution is -2.43. The molecule has 4 rings (SSSR count). The highest BCUT2D eigenvalue weighted by atomic mass is 35.5. The Bertz CT molecular complexity index is 1240. The van der Waals surface area contributed by atoms with Crippen molar-refractivity contribution in [2.24, 2.45) is 0 Å². The van der Waals surface area contributed by atoms with Crippen LogP contribution in [0.4, 0.5) is 11.4 Å². The van der Waals surface area contributed by atoms with Crippen molar-refractivity contribution >= 4 is 38.9 Å². The van der Waals surface area contributed by atoms with Gasteiger partial charge in [0.1, 0.15) is 6.54 Å². The second kappa shape index (κ2) is 8.36. The number of aryl methyl sites for hydroxylation is 2. The number of benzene rings is 3. The molecule has 5 nitrogen and oxygen atoms in total. The number of amides is 1. The van der Waals surface area contributed by atoms with Crippen LogP contribution in [0, 0.1) is 13.8 Å². The molecule has 1 aliphatic heterocycles. The van der Waals surface area contributed by atoms with Crippen molar-refractivity contribution in [3.05, 3.63) is 88.4 Å². The molecule has 1 amide bonds. The molecule has 0 aromatic heterocycles. The molecule has 0 radical (unpaired) electrons. The van der Waals surface area contributed by atoms with Crippen LogP contribution in [0.1, 0.15) is 16.7 Å². The van der Waals surface area contributed by atoms with Crippen molar-refractivity contribution in [1.29, 1.82) is 0 Å². The molecule has 0 fully saturated rings. The van der Waals surface area contributed by atoms with Crippen LogP contribution in [-0.2, 0) is 21.2 Å². The van der Waals surface area contributed by atoms with E-state index in [1.54, 1.807) is 54.3 Å². The lowest BCUT2D eigenvalue weighted by atomic mass is 10.2. The quantitative estimate of drug-likeness (QED) is 0.559. The van der Waals surface area contributed by atoms with Gasteiger partial charge in [0.25, 0.3) is 10.0 Å². The molecular formula is C24H23ClN2O3S. The van der Waals surface area contributed by atoms with Gasteiger partial charge in [-0.25, -0.2) is 8.42 Å². The van der Waals surface area contributed by atoms with Crippen molar-refractivity contribution in [3.8, 4) is 0 Å². The predicted octanol–water partition coefficient (Wildman–Crippen LogP) is 4.74. The fourth-order valence-corrected chi connectivity index (χ4v) is 5.55. The van der Waals surface area contributed by atoms with Crippen LogP contribution in [-0.4, -0.2) is 27.4 Å². The van der Waals surface area contributed by atoms with E-state index in [9.17, 15) is 13.2 Å². The maximum atomic E-state index is 13.6. The maximum Gasteiger partial charge on any atom is 0.264 e. The average molecular weight is 455 g/mol. The van der Waals surface area contributed by atoms with Crippen LogP contribution in [0.2, 0.25) is 5.02 Å². The predicted molar refractivity (Wildman–Crippen MR) is 124 cm³/mol. The number of sulfonamides is 1. The number of hydrogen-bond acceptors (Lipinski definition) is 3. The Morgan fingerprint density at radius 3 is 2.45 bits per heavy atom. The molecule has 7 heteroatoms. The minimum atomic E-state index is -3.97. The summed E-state index contributed by atoms with van der Waals surface area (Å²) in [5, 5.41) is 0.508. The van der Waals surface area contributed by atoms with Gasteiger partial charge in [-0.2, -0.15) is 0 Å². The highest BCUT2D eigenvalue weighted by molar-refractivity contribution is 7.92. The van der Waals surface area contributed by atoms with Crippen molar-refractivity contribution < 1.29 is 13.2 Å². The first-order chi connectivity index (χ1) is 14.8. The van der Waals surface area contributed by atoms with Gasteiger partial charge in [0.15, 0.2) is 0 Å². The summed E-state index contributed by atoms with van der Waals surface area (Å²) in [6.45, 7) is 3.92. The zero-order valence-corrected chi connectivity index (χ0v) is 18.9. The molecule has 3 aromatic rings. The molecule has 3 aromatic carbocycles. The molecule has 0 spiro atoms. The molecule has 31 heavy (non-hydrogen) atoms. The highest BCUT2D eigenvalue weighted by Gasteiger charge is 2.32. The molecule has 0 atom stereocenters. The summed E-state index contributed by atoms with van der Waals surface area (Å²) < 4.78 is 28.4. The first-order valence-corrected chi connectivity index (χ1v) is 11.8. The zero-order valence-electron chi connectivity index (χ0n) is 17.4. The van der Waals surface area contributed by atoms with Gasteiger partial charge in [-0.05, 0) is 67.8 Å². The number of rotatable bonds is 5. The Balaban J connectivity index is 1.74. The van der Waals surface area contributed by atoms with Gasteiger partial charge in [0.2, 0.25) is 5.91 Å². The number of para-hydroxylation sites is 1. The Hall–Kier alpha value is -2.83. The smallest absolute Gasteiger partial charge is 0.264 e. The first kappa shape index (κ1) is 21.4. The first-order valence-electron chi connectivity index (χ1n) is 10.0. The molecule has 160 valence electrons. The number of carbonyl (C=O) groups is 1. The summed E-state index contributed by atoms with van der Waals surface area (Å²) in [6.07, 6.45) is 0.757. The molecule has 1 heterocycles. The second-order valence-corrected chi connectivity index (χ2v) is 9.98. The van der Waals surface area contributed by atoms with Crippen LogP contribution in [0.15, 0.2) is 71.6 Å². The van der Waals surface area contributed by atoms with Crippen molar-refractivity contribution in [3.63, 3.8) is 0 Å². The molecule has 0 aliphatic carbocycles. The fraction of sp³-hybridized carbons (Fsp3) is 0.208. The van der Waals surface area contributed by atoms with Crippen LogP contribution < -0.4 is 9.21 Å². The lowest BCUT2D eigenvalue weighted by Gasteiger charge is -2.28. The van der Waals surface area contributed by atoms with Crippen LogP contribution >= 0.6 is 11.6 Å². The van der Waals surface area contributed by atoms with Crippen molar-refractivity contribution in [2.75, 3.05) is 22.3 Å². The maximum absolute atomic E-state index is 13.6. The summed E-state index contributed by atoms with van der Waals surface area (Å²) >= 11 is 6.09. The van der Waals surface area contributed by atoms with Gasteiger partial charge in [0.05, 0.1) is 10.6 Å². The Labute approximate surface area is 187 Å². The number of fused-ring (bicyclic) bond motifs is 1. The van der Waals surface area contributed by atoms with E-state index < -0.39 is 10.0 Å². The summed E-state index contributed by atoms with van der Waals surface area (Å²) in [5.41, 5.74) is 4.00. The van der Waals surface area contributed by atoms with E-state index in [1.807, 2.05) is 31.2 Å². The minimum absolute atomic E-state index is 0.141. The third-order valence-corrected chi connectivity index (χ3v) is 7.51. The average Bonchev–Trinajstić information content (AvgIpc) is 3.17. The molecular weight excluding hydrogens is 432 g/mol. The lowest BCUT2D eigenvalue weighted by molar-refractivity contribution is -0.117. The molecule has 1 aliphatic rings. The summed E-state index contributed by atoms with van der Waals surface area (Å²) in [4.78, 5) is 15.1. The van der Waals surface area contributed by atoms with Crippen LogP contribution in [0.25, 0.3) is 0 Å². The van der Waals surface area contributed by atoms with Crippen LogP contribution in [0.3, 0.4) is 0 Å². The van der Waals surface area contributed by atoms with E-state index in [1.165, 1.54) is 4.31 Å². The van der Waals surface area contributed by atoms with Gasteiger partial charge >= 0.3 is 0 Å². The number of nitrogens with zero attached hydrogens (tertiary/aromatic N) is 2. The largest absolute Gasteiger partial charge is 0.310 e. The number of halogens is 1. The van der Waals surface area contributed by atoms with Gasteiger partial charge in [-0.15, -0.1) is 0 Å².